The zero-order chi connectivity index (χ0) is 9.30. The van der Waals surface area contributed by atoms with E-state index in [1.165, 1.54) is 0 Å². The van der Waals surface area contributed by atoms with Gasteiger partial charge >= 0.3 is 0 Å². The van der Waals surface area contributed by atoms with E-state index in [-0.39, 0.29) is 12.1 Å². The lowest BCUT2D eigenvalue weighted by Gasteiger charge is -1.60. The van der Waals surface area contributed by atoms with Crippen molar-refractivity contribution < 1.29 is 6.85 Å². The molecule has 0 unspecified atom stereocenters. The molecule has 0 aromatic carbocycles. The number of hydrogen-bond donors (Lipinski definition) is 0. The first-order valence-corrected chi connectivity index (χ1v) is 1.75. The molecule has 0 bridgehead atoms. The second-order valence-electron chi connectivity index (χ2n) is 0.875. The predicted octanol–water partition coefficient (Wildman–Crippen LogP) is 1.63. The highest BCUT2D eigenvalue weighted by Crippen LogP contribution is 1.82. The van der Waals surface area contributed by atoms with Gasteiger partial charge in [-0.05, 0) is 12.1 Å². The van der Waals surface area contributed by atoms with Gasteiger partial charge in [-0.25, -0.2) is 0 Å². The molecule has 1 aliphatic rings. The van der Waals surface area contributed by atoms with E-state index >= 15 is 0 Å². The van der Waals surface area contributed by atoms with Crippen LogP contribution in [0.15, 0.2) is 36.0 Å². The summed E-state index contributed by atoms with van der Waals surface area (Å²) in [7, 11) is 0. The highest BCUT2D eigenvalue weighted by atomic mass is 13.7. The Hall–Kier alpha value is -1.00. The van der Waals surface area contributed by atoms with Crippen molar-refractivity contribution >= 4 is 0 Å². The Morgan fingerprint density at radius 3 is 3.29 bits per heavy atom. The Morgan fingerprint density at radius 1 is 1.29 bits per heavy atom. The summed E-state index contributed by atoms with van der Waals surface area (Å²) in [6.45, 7) is 0. The normalized spacial score (nSPS) is 32.0. The monoisotopic (exact) mass is 94.1 g/mol. The minimum atomic E-state index is -0.428. The van der Waals surface area contributed by atoms with E-state index < -0.39 is 18.2 Å². The Bertz CT molecular complexity index is 341. The summed E-state index contributed by atoms with van der Waals surface area (Å²) < 4.78 is 35.8. The van der Waals surface area contributed by atoms with Gasteiger partial charge in [0.25, 0.3) is 0 Å². The van der Waals surface area contributed by atoms with E-state index in [2.05, 4.69) is 11.8 Å². The second kappa shape index (κ2) is 2.22. The van der Waals surface area contributed by atoms with Crippen molar-refractivity contribution in [1.82, 2.24) is 0 Å². The van der Waals surface area contributed by atoms with Gasteiger partial charge in [-0.2, -0.15) is 0 Å². The molecule has 0 N–H and O–H groups in total. The van der Waals surface area contributed by atoms with Crippen LogP contribution in [0.5, 0.6) is 0 Å². The number of rotatable bonds is 0. The lowest BCUT2D eigenvalue weighted by molar-refractivity contribution is 1.92. The Labute approximate surface area is 50.2 Å². The zero-order valence-electron chi connectivity index (χ0n) is 8.50. The molecule has 0 spiro atoms. The first-order chi connectivity index (χ1) is 5.54. The van der Waals surface area contributed by atoms with Gasteiger partial charge in [0.05, 0.1) is 6.85 Å². The van der Waals surface area contributed by atoms with Crippen molar-refractivity contribution in [2.45, 2.75) is 0 Å². The quantitative estimate of drug-likeness (QED) is 0.400. The van der Waals surface area contributed by atoms with Crippen LogP contribution in [-0.4, -0.2) is 0 Å². The zero-order valence-corrected chi connectivity index (χ0v) is 3.50. The minimum absolute atomic E-state index is 0.313. The van der Waals surface area contributed by atoms with Crippen molar-refractivity contribution in [3.05, 3.63) is 42.1 Å². The largest absolute Gasteiger partial charge is 0.112 e. The van der Waals surface area contributed by atoms with Crippen molar-refractivity contribution in [2.75, 3.05) is 0 Å². The van der Waals surface area contributed by atoms with E-state index in [1.54, 1.807) is 0 Å². The van der Waals surface area contributed by atoms with E-state index in [0.717, 1.165) is 0 Å². The molecule has 1 radical (unpaired) electrons. The first kappa shape index (κ1) is 1.24. The SMILES string of the molecule is [2H]C1=C=[C]C([2H])=C([2H])C([2H])=C1[2H]. The van der Waals surface area contributed by atoms with E-state index in [9.17, 15) is 0 Å². The first-order valence-electron chi connectivity index (χ1n) is 4.25. The molecule has 0 heterocycles. The summed E-state index contributed by atoms with van der Waals surface area (Å²) >= 11 is 0. The molecule has 0 nitrogen and oxygen atoms in total. The number of allylic oxidation sites excluding steroid dienone is 5. The van der Waals surface area contributed by atoms with Crippen LogP contribution in [0.2, 0.25) is 0 Å². The van der Waals surface area contributed by atoms with Crippen molar-refractivity contribution in [3.8, 4) is 0 Å². The molecule has 0 aromatic rings. The predicted molar refractivity (Wildman–Crippen MR) is 29.6 cm³/mol. The third-order valence-electron chi connectivity index (χ3n) is 0.438. The van der Waals surface area contributed by atoms with Gasteiger partial charge < -0.3 is 0 Å². The highest BCUT2D eigenvalue weighted by Gasteiger charge is 1.63. The van der Waals surface area contributed by atoms with E-state index in [0.29, 0.717) is 0 Å². The standard InChI is InChI=1S/C7H5/c1-2-4-6-7-5-3-1/h1-5H/i1D,2D,3D,4D,5D. The maximum atomic E-state index is 7.19. The highest BCUT2D eigenvalue weighted by molar-refractivity contribution is 5.16. The second-order valence-corrected chi connectivity index (χ2v) is 0.875. The molecule has 0 fully saturated rings. The molecule has 0 aromatic heterocycles. The molecular weight excluding hydrogens is 84.1 g/mol. The van der Waals surface area contributed by atoms with E-state index in [1.807, 2.05) is 0 Å². The summed E-state index contributed by atoms with van der Waals surface area (Å²) in [6, 6.07) is -1.84. The van der Waals surface area contributed by atoms with Gasteiger partial charge in [-0.15, -0.1) is 5.73 Å². The van der Waals surface area contributed by atoms with Gasteiger partial charge in [0.2, 0.25) is 0 Å². The fourth-order valence-corrected chi connectivity index (χ4v) is 0.219. The number of hydrogen-bond acceptors (Lipinski definition) is 0. The summed E-state index contributed by atoms with van der Waals surface area (Å²) in [5.41, 5.74) is 2.21. The van der Waals surface area contributed by atoms with Gasteiger partial charge in [-0.3, -0.25) is 0 Å². The van der Waals surface area contributed by atoms with Crippen LogP contribution in [0.25, 0.3) is 0 Å². The third kappa shape index (κ3) is 1.25. The topological polar surface area (TPSA) is 0 Å². The molecule has 1 rings (SSSR count). The fraction of sp³-hybridized carbons (Fsp3) is 0. The van der Waals surface area contributed by atoms with Crippen LogP contribution in [0.4, 0.5) is 0 Å². The molecular formula is C7H5. The molecule has 7 heavy (non-hydrogen) atoms. The summed E-state index contributed by atoms with van der Waals surface area (Å²) in [4.78, 5) is 0. The Kier molecular flexibility index (Phi) is 0.394. The molecule has 0 saturated heterocycles. The van der Waals surface area contributed by atoms with Crippen LogP contribution >= 0.6 is 0 Å². The Balaban J connectivity index is 3.39. The molecule has 0 saturated carbocycles. The van der Waals surface area contributed by atoms with Crippen LogP contribution in [0.3, 0.4) is 0 Å². The Morgan fingerprint density at radius 2 is 2.29 bits per heavy atom. The average molecular weight is 94.1 g/mol. The summed E-state index contributed by atoms with van der Waals surface area (Å²) in [5, 5.41) is 0. The van der Waals surface area contributed by atoms with Crippen molar-refractivity contribution in [2.24, 2.45) is 0 Å². The minimum Gasteiger partial charge on any atom is -0.112 e. The molecule has 1 aliphatic carbocycles. The van der Waals surface area contributed by atoms with Crippen LogP contribution in [-0.2, 0) is 0 Å². The molecule has 0 heteroatoms. The fourth-order valence-electron chi connectivity index (χ4n) is 0.219. The van der Waals surface area contributed by atoms with E-state index in [4.69, 9.17) is 6.85 Å². The van der Waals surface area contributed by atoms with Crippen LogP contribution in [0.1, 0.15) is 6.85 Å². The molecule has 33 valence electrons. The smallest absolute Gasteiger partial charge is 0.0714 e. The van der Waals surface area contributed by atoms with Gasteiger partial charge in [0, 0.05) is 6.08 Å². The average Bonchev–Trinajstić information content (AvgIpc) is 2.14. The summed E-state index contributed by atoms with van der Waals surface area (Å²) in [6.07, 6.45) is 2.21. The van der Waals surface area contributed by atoms with Crippen LogP contribution in [0, 0.1) is 6.08 Å². The van der Waals surface area contributed by atoms with Gasteiger partial charge in [0.15, 0.2) is 0 Å². The maximum absolute atomic E-state index is 7.19. The maximum Gasteiger partial charge on any atom is 0.0714 e. The van der Waals surface area contributed by atoms with Crippen LogP contribution < -0.4 is 0 Å². The molecule has 0 atom stereocenters. The van der Waals surface area contributed by atoms with Crippen molar-refractivity contribution in [3.63, 3.8) is 0 Å². The lowest BCUT2D eigenvalue weighted by atomic mass is 10.5. The molecule has 0 amide bonds. The lowest BCUT2D eigenvalue weighted by Crippen LogP contribution is -1.40. The van der Waals surface area contributed by atoms with Gasteiger partial charge in [0.1, 0.15) is 0 Å². The summed E-state index contributed by atoms with van der Waals surface area (Å²) in [5.74, 6) is 0. The van der Waals surface area contributed by atoms with Crippen molar-refractivity contribution in [1.29, 1.82) is 0 Å². The third-order valence-corrected chi connectivity index (χ3v) is 0.438. The molecule has 0 aliphatic heterocycles. The van der Waals surface area contributed by atoms with Gasteiger partial charge in [-0.1, -0.05) is 18.2 Å².